The first kappa shape index (κ1) is 62.8. The molecule has 0 saturated heterocycles. The number of ether oxygens (including phenoxy) is 4. The third-order valence-corrected chi connectivity index (χ3v) is 12.2. The van der Waals surface area contributed by atoms with Gasteiger partial charge in [-0.2, -0.15) is 0 Å². The Bertz CT molecular complexity index is 1120. The highest BCUT2D eigenvalue weighted by Crippen LogP contribution is 2.17. The molecular weight excluding hydrogens is 815 g/mol. The quantitative estimate of drug-likeness (QED) is 0.0195. The summed E-state index contributed by atoms with van der Waals surface area (Å²) in [5, 5.41) is 11.7. The Balaban J connectivity index is 4.20. The van der Waals surface area contributed by atoms with Crippen LogP contribution in [0.25, 0.3) is 0 Å². The fourth-order valence-corrected chi connectivity index (χ4v) is 7.92. The Labute approximate surface area is 401 Å². The van der Waals surface area contributed by atoms with E-state index in [1.807, 2.05) is 21.1 Å². The van der Waals surface area contributed by atoms with Crippen LogP contribution in [0, 0.1) is 0 Å². The highest BCUT2D eigenvalue weighted by Gasteiger charge is 2.22. The van der Waals surface area contributed by atoms with E-state index in [0.717, 1.165) is 57.8 Å². The van der Waals surface area contributed by atoms with Gasteiger partial charge in [-0.05, 0) is 44.9 Å². The van der Waals surface area contributed by atoms with Crippen molar-refractivity contribution in [2.75, 3.05) is 47.5 Å². The second kappa shape index (κ2) is 48.2. The highest BCUT2D eigenvalue weighted by atomic mass is 16.7. The molecule has 0 aromatic heterocycles. The van der Waals surface area contributed by atoms with Crippen molar-refractivity contribution in [3.8, 4) is 0 Å². The van der Waals surface area contributed by atoms with Crippen molar-refractivity contribution >= 4 is 17.9 Å². The smallest absolute Gasteiger partial charge is 0.306 e. The molecule has 0 aliphatic heterocycles. The standard InChI is InChI=1S/C56H105NO8/c1-6-8-10-12-14-16-18-20-22-23-24-25-26-27-28-29-30-31-33-34-36-38-40-42-44-46-53(58)63-50-52(51-64-56(55(60)61)62-49-48-57(3,4)5)65-54(59)47-45-43-41-39-37-35-32-21-19-17-15-13-11-9-7-2/h15,17,21,32,52,56H,6-14,16,18-20,22-31,33-51H2,1-5H3/b17-15-,32-21-. The third-order valence-electron chi connectivity index (χ3n) is 12.2. The summed E-state index contributed by atoms with van der Waals surface area (Å²) in [5.74, 6) is -2.29. The maximum Gasteiger partial charge on any atom is 0.306 e. The molecule has 382 valence electrons. The molecule has 0 aromatic carbocycles. The Hall–Kier alpha value is -2.23. The van der Waals surface area contributed by atoms with Crippen LogP contribution in [0.1, 0.15) is 258 Å². The molecular formula is C56H105NO8. The number of quaternary nitrogens is 1. The van der Waals surface area contributed by atoms with Crippen LogP contribution in [0.3, 0.4) is 0 Å². The van der Waals surface area contributed by atoms with Gasteiger partial charge in [0.05, 0.1) is 40.3 Å². The Kier molecular flexibility index (Phi) is 46.6. The van der Waals surface area contributed by atoms with Gasteiger partial charge >= 0.3 is 11.9 Å². The number of hydrogen-bond donors (Lipinski definition) is 0. The first-order valence-electron chi connectivity index (χ1n) is 27.5. The van der Waals surface area contributed by atoms with Crippen molar-refractivity contribution in [2.45, 2.75) is 270 Å². The number of nitrogens with zero attached hydrogens (tertiary/aromatic N) is 1. The molecule has 9 nitrogen and oxygen atoms in total. The number of allylic oxidation sites excluding steroid dienone is 4. The zero-order valence-electron chi connectivity index (χ0n) is 43.4. The molecule has 0 fully saturated rings. The van der Waals surface area contributed by atoms with Crippen LogP contribution in [0.15, 0.2) is 24.3 Å². The monoisotopic (exact) mass is 920 g/mol. The molecule has 2 atom stereocenters. The average Bonchev–Trinajstić information content (AvgIpc) is 3.27. The van der Waals surface area contributed by atoms with E-state index in [2.05, 4.69) is 38.2 Å². The Morgan fingerprint density at radius 3 is 1.25 bits per heavy atom. The molecule has 0 radical (unpaired) electrons. The normalized spacial score (nSPS) is 12.9. The summed E-state index contributed by atoms with van der Waals surface area (Å²) in [5.41, 5.74) is 0. The van der Waals surface area contributed by atoms with Crippen LogP contribution >= 0.6 is 0 Å². The summed E-state index contributed by atoms with van der Waals surface area (Å²) in [6, 6.07) is 0. The summed E-state index contributed by atoms with van der Waals surface area (Å²) < 4.78 is 22.6. The third kappa shape index (κ3) is 49.5. The second-order valence-corrected chi connectivity index (χ2v) is 19.9. The molecule has 0 amide bonds. The van der Waals surface area contributed by atoms with Gasteiger partial charge in [-0.25, -0.2) is 0 Å². The molecule has 65 heavy (non-hydrogen) atoms. The summed E-state index contributed by atoms with van der Waals surface area (Å²) in [4.78, 5) is 37.2. The molecule has 2 unspecified atom stereocenters. The van der Waals surface area contributed by atoms with Gasteiger partial charge in [0.2, 0.25) is 0 Å². The topological polar surface area (TPSA) is 111 Å². The summed E-state index contributed by atoms with van der Waals surface area (Å²) in [6.07, 6.45) is 52.3. The molecule has 0 saturated carbocycles. The second-order valence-electron chi connectivity index (χ2n) is 19.9. The number of aliphatic carboxylic acids is 1. The van der Waals surface area contributed by atoms with Crippen LogP contribution in [-0.2, 0) is 33.3 Å². The van der Waals surface area contributed by atoms with Crippen molar-refractivity contribution < 1.29 is 42.9 Å². The van der Waals surface area contributed by atoms with Crippen molar-refractivity contribution in [1.29, 1.82) is 0 Å². The molecule has 0 aliphatic rings. The van der Waals surface area contributed by atoms with Crippen LogP contribution in [0.2, 0.25) is 0 Å². The predicted octanol–water partition coefficient (Wildman–Crippen LogP) is 14.2. The van der Waals surface area contributed by atoms with Gasteiger partial charge < -0.3 is 33.3 Å². The Morgan fingerprint density at radius 2 is 0.831 bits per heavy atom. The largest absolute Gasteiger partial charge is 0.545 e. The number of likely N-dealkylation sites (N-methyl/N-ethyl adjacent to an activating group) is 1. The number of esters is 2. The van der Waals surface area contributed by atoms with Gasteiger partial charge in [0.1, 0.15) is 13.2 Å². The lowest BCUT2D eigenvalue weighted by atomic mass is 10.0. The minimum Gasteiger partial charge on any atom is -0.545 e. The van der Waals surface area contributed by atoms with Crippen LogP contribution in [0.4, 0.5) is 0 Å². The molecule has 0 spiro atoms. The predicted molar refractivity (Wildman–Crippen MR) is 270 cm³/mol. The maximum atomic E-state index is 12.8. The van der Waals surface area contributed by atoms with Gasteiger partial charge in [0.25, 0.3) is 0 Å². The van der Waals surface area contributed by atoms with E-state index in [0.29, 0.717) is 23.9 Å². The van der Waals surface area contributed by atoms with Crippen LogP contribution < -0.4 is 5.11 Å². The van der Waals surface area contributed by atoms with Crippen molar-refractivity contribution in [1.82, 2.24) is 0 Å². The first-order chi connectivity index (χ1) is 31.6. The number of rotatable bonds is 51. The molecule has 0 aromatic rings. The lowest BCUT2D eigenvalue weighted by Gasteiger charge is -2.26. The Morgan fingerprint density at radius 1 is 0.462 bits per heavy atom. The SMILES string of the molecule is CCCCC/C=C\C/C=C\CCCCCCCC(=O)OC(COC(=O)CCCCCCCCCCCCCCCCCCCCCCCCCCC)COC(OCC[N+](C)(C)C)C(=O)[O-]. The van der Waals surface area contributed by atoms with Gasteiger partial charge in [0, 0.05) is 12.8 Å². The summed E-state index contributed by atoms with van der Waals surface area (Å²) in [7, 11) is 5.92. The van der Waals surface area contributed by atoms with Gasteiger partial charge in [-0.1, -0.05) is 224 Å². The number of unbranched alkanes of at least 4 members (excludes halogenated alkanes) is 32. The fourth-order valence-electron chi connectivity index (χ4n) is 7.92. The maximum absolute atomic E-state index is 12.8. The van der Waals surface area contributed by atoms with Crippen LogP contribution in [0.5, 0.6) is 0 Å². The van der Waals surface area contributed by atoms with E-state index in [1.165, 1.54) is 167 Å². The molecule has 0 heterocycles. The molecule has 0 N–H and O–H groups in total. The van der Waals surface area contributed by atoms with Crippen LogP contribution in [-0.4, -0.2) is 82.3 Å². The number of hydrogen-bond acceptors (Lipinski definition) is 8. The van der Waals surface area contributed by atoms with Crippen molar-refractivity contribution in [3.63, 3.8) is 0 Å². The van der Waals surface area contributed by atoms with E-state index in [1.54, 1.807) is 0 Å². The molecule has 9 heteroatoms. The lowest BCUT2D eigenvalue weighted by molar-refractivity contribution is -0.870. The number of carboxylic acid groups (broad SMARTS) is 1. The van der Waals surface area contributed by atoms with E-state index < -0.39 is 24.3 Å². The number of carbonyl (C=O) groups excluding carboxylic acids is 3. The minimum absolute atomic E-state index is 0.147. The molecule has 0 rings (SSSR count). The molecule has 0 aliphatic carbocycles. The van der Waals surface area contributed by atoms with E-state index in [4.69, 9.17) is 18.9 Å². The zero-order valence-corrected chi connectivity index (χ0v) is 43.4. The van der Waals surface area contributed by atoms with Gasteiger partial charge in [0.15, 0.2) is 12.4 Å². The summed E-state index contributed by atoms with van der Waals surface area (Å²) in [6.45, 7) is 4.74. The van der Waals surface area contributed by atoms with E-state index in [9.17, 15) is 19.5 Å². The van der Waals surface area contributed by atoms with Crippen molar-refractivity contribution in [2.24, 2.45) is 0 Å². The number of carbonyl (C=O) groups is 3. The van der Waals surface area contributed by atoms with Gasteiger partial charge in [-0.15, -0.1) is 0 Å². The lowest BCUT2D eigenvalue weighted by Crippen LogP contribution is -2.44. The number of carboxylic acids is 1. The average molecular weight is 920 g/mol. The van der Waals surface area contributed by atoms with Gasteiger partial charge in [-0.3, -0.25) is 9.59 Å². The summed E-state index contributed by atoms with van der Waals surface area (Å²) >= 11 is 0. The minimum atomic E-state index is -1.62. The zero-order chi connectivity index (χ0) is 47.7. The van der Waals surface area contributed by atoms with E-state index >= 15 is 0 Å². The van der Waals surface area contributed by atoms with Crippen molar-refractivity contribution in [3.05, 3.63) is 24.3 Å². The highest BCUT2D eigenvalue weighted by molar-refractivity contribution is 5.70. The van der Waals surface area contributed by atoms with E-state index in [-0.39, 0.29) is 32.2 Å². The fraction of sp³-hybridized carbons (Fsp3) is 0.875. The molecule has 0 bridgehead atoms. The first-order valence-corrected chi connectivity index (χ1v) is 27.5.